The minimum atomic E-state index is -1.11. The van der Waals surface area contributed by atoms with E-state index in [2.05, 4.69) is 34.3 Å². The number of ketones is 1. The van der Waals surface area contributed by atoms with Crippen molar-refractivity contribution in [3.63, 3.8) is 0 Å². The lowest BCUT2D eigenvalue weighted by atomic mass is 9.95. The molecule has 3 aliphatic carbocycles. The molecule has 3 fully saturated rings. The Morgan fingerprint density at radius 3 is 2.50 bits per heavy atom. The first-order chi connectivity index (χ1) is 18.5. The second-order valence-electron chi connectivity index (χ2n) is 10.7. The molecule has 8 nitrogen and oxygen atoms in total. The van der Waals surface area contributed by atoms with Gasteiger partial charge in [0.2, 0.25) is 5.82 Å². The summed E-state index contributed by atoms with van der Waals surface area (Å²) in [4.78, 5) is 26.5. The van der Waals surface area contributed by atoms with Crippen LogP contribution in [0.5, 0.6) is 0 Å². The predicted molar refractivity (Wildman–Crippen MR) is 141 cm³/mol. The van der Waals surface area contributed by atoms with Crippen LogP contribution >= 0.6 is 0 Å². The Balaban J connectivity index is 1.28. The molecule has 7 rings (SSSR count). The fourth-order valence-electron chi connectivity index (χ4n) is 6.31. The topological polar surface area (TPSA) is 113 Å². The molecule has 0 amide bonds. The van der Waals surface area contributed by atoms with E-state index in [9.17, 15) is 15.0 Å². The van der Waals surface area contributed by atoms with Crippen molar-refractivity contribution in [2.45, 2.75) is 50.0 Å². The van der Waals surface area contributed by atoms with E-state index in [1.165, 1.54) is 12.5 Å². The van der Waals surface area contributed by atoms with E-state index in [0.29, 0.717) is 35.1 Å². The molecule has 0 saturated heterocycles. The Kier molecular flexibility index (Phi) is 5.15. The summed E-state index contributed by atoms with van der Waals surface area (Å²) >= 11 is 0. The molecule has 7 atom stereocenters. The summed E-state index contributed by atoms with van der Waals surface area (Å²) in [7, 11) is 0. The van der Waals surface area contributed by atoms with Gasteiger partial charge in [-0.1, -0.05) is 54.5 Å². The van der Waals surface area contributed by atoms with E-state index in [4.69, 9.17) is 9.97 Å². The Hall–Kier alpha value is -4.06. The van der Waals surface area contributed by atoms with E-state index in [1.54, 1.807) is 10.9 Å². The quantitative estimate of drug-likeness (QED) is 0.357. The van der Waals surface area contributed by atoms with Crippen LogP contribution in [0.2, 0.25) is 0 Å². The standard InChI is InChI=1S/C30H27N5O3/c1-17(36)30-15-21(30)25(26(37)27(30)38)35-16-31-24-28(32-22-14-20(22)19-10-6-3-7-11-19)33-23(34-29(24)35)13-12-18-8-4-2-5-9-18/h2-11,16,20-22,25-27,37-38H,14-15H2,1H3,(H,32,33,34)/t20?,21?,22-,25-,26+,27?,30+/m1/s1. The molecule has 0 aliphatic heterocycles. The number of fused-ring (bicyclic) bond motifs is 2. The zero-order valence-corrected chi connectivity index (χ0v) is 20.8. The molecule has 0 bridgehead atoms. The van der Waals surface area contributed by atoms with Crippen molar-refractivity contribution in [1.29, 1.82) is 0 Å². The van der Waals surface area contributed by atoms with Crippen molar-refractivity contribution in [2.24, 2.45) is 11.3 Å². The fourth-order valence-corrected chi connectivity index (χ4v) is 6.31. The van der Waals surface area contributed by atoms with Gasteiger partial charge in [-0.3, -0.25) is 4.79 Å². The van der Waals surface area contributed by atoms with Crippen LogP contribution < -0.4 is 5.32 Å². The number of hydrogen-bond acceptors (Lipinski definition) is 7. The Morgan fingerprint density at radius 2 is 1.79 bits per heavy atom. The molecule has 2 aromatic carbocycles. The van der Waals surface area contributed by atoms with Crippen LogP contribution in [0.25, 0.3) is 11.2 Å². The first kappa shape index (κ1) is 23.1. The number of nitrogens with zero attached hydrogens (tertiary/aromatic N) is 4. The zero-order chi connectivity index (χ0) is 26.0. The summed E-state index contributed by atoms with van der Waals surface area (Å²) in [5, 5.41) is 25.3. The zero-order valence-electron chi connectivity index (χ0n) is 20.8. The molecule has 190 valence electrons. The second kappa shape index (κ2) is 8.48. The van der Waals surface area contributed by atoms with E-state index in [-0.39, 0.29) is 17.7 Å². The average molecular weight is 506 g/mol. The maximum Gasteiger partial charge on any atom is 0.209 e. The SMILES string of the molecule is CC(=O)[C@@]12CC1[C@@H](n1cnc3c(N[C@@H]4CC4c4ccccc4)nc(C#Cc4ccccc4)nc31)[C@H](O)C2O. The third-order valence-electron chi connectivity index (χ3n) is 8.50. The number of benzene rings is 2. The van der Waals surface area contributed by atoms with Crippen LogP contribution in [-0.4, -0.2) is 53.8 Å². The summed E-state index contributed by atoms with van der Waals surface area (Å²) in [5.41, 5.74) is 2.35. The van der Waals surface area contributed by atoms with Crippen LogP contribution in [-0.2, 0) is 4.79 Å². The highest BCUT2D eigenvalue weighted by Gasteiger charge is 2.74. The van der Waals surface area contributed by atoms with Gasteiger partial charge in [0.05, 0.1) is 23.9 Å². The lowest BCUT2D eigenvalue weighted by Crippen LogP contribution is -2.36. The highest BCUT2D eigenvalue weighted by molar-refractivity contribution is 5.88. The minimum absolute atomic E-state index is 0.0898. The number of aliphatic hydroxyl groups is 2. The first-order valence-electron chi connectivity index (χ1n) is 13.0. The van der Waals surface area contributed by atoms with Crippen molar-refractivity contribution in [2.75, 3.05) is 5.32 Å². The molecule has 0 spiro atoms. The van der Waals surface area contributed by atoms with Crippen LogP contribution in [0.1, 0.15) is 48.7 Å². The number of imidazole rings is 1. The molecule has 2 aromatic heterocycles. The van der Waals surface area contributed by atoms with Gasteiger partial charge < -0.3 is 20.1 Å². The molecular formula is C30H27N5O3. The highest BCUT2D eigenvalue weighted by Crippen LogP contribution is 2.68. The normalized spacial score (nSPS) is 30.8. The molecule has 3 unspecified atom stereocenters. The molecule has 4 aromatic rings. The van der Waals surface area contributed by atoms with Crippen molar-refractivity contribution in [3.8, 4) is 11.8 Å². The van der Waals surface area contributed by atoms with E-state index in [0.717, 1.165) is 12.0 Å². The molecule has 2 heterocycles. The van der Waals surface area contributed by atoms with Crippen LogP contribution in [0.3, 0.4) is 0 Å². The Bertz CT molecular complexity index is 1610. The molecule has 8 heteroatoms. The second-order valence-corrected chi connectivity index (χ2v) is 10.7. The van der Waals surface area contributed by atoms with E-state index < -0.39 is 23.7 Å². The van der Waals surface area contributed by atoms with Gasteiger partial charge in [-0.05, 0) is 49.3 Å². The van der Waals surface area contributed by atoms with Gasteiger partial charge >= 0.3 is 0 Å². The number of anilines is 1. The monoisotopic (exact) mass is 505 g/mol. The maximum atomic E-state index is 12.4. The van der Waals surface area contributed by atoms with Gasteiger partial charge in [0.1, 0.15) is 11.9 Å². The number of aromatic nitrogens is 4. The summed E-state index contributed by atoms with van der Waals surface area (Å²) < 4.78 is 1.80. The third kappa shape index (κ3) is 3.54. The van der Waals surface area contributed by atoms with Gasteiger partial charge in [-0.2, -0.15) is 0 Å². The number of nitrogens with one attached hydrogen (secondary N) is 1. The largest absolute Gasteiger partial charge is 0.389 e. The maximum absolute atomic E-state index is 12.4. The first-order valence-corrected chi connectivity index (χ1v) is 13.0. The number of aliphatic hydroxyl groups excluding tert-OH is 2. The van der Waals surface area contributed by atoms with Crippen LogP contribution in [0, 0.1) is 23.2 Å². The molecule has 3 aliphatic rings. The van der Waals surface area contributed by atoms with Gasteiger partial charge in [0.15, 0.2) is 17.0 Å². The lowest BCUT2D eigenvalue weighted by molar-refractivity contribution is -0.128. The number of carbonyl (C=O) groups excluding carboxylic acids is 1. The molecular weight excluding hydrogens is 478 g/mol. The van der Waals surface area contributed by atoms with Crippen LogP contribution in [0.15, 0.2) is 67.0 Å². The molecule has 38 heavy (non-hydrogen) atoms. The van der Waals surface area contributed by atoms with Crippen molar-refractivity contribution in [1.82, 2.24) is 19.5 Å². The highest BCUT2D eigenvalue weighted by atomic mass is 16.3. The van der Waals surface area contributed by atoms with Gasteiger partial charge in [0, 0.05) is 17.5 Å². The lowest BCUT2D eigenvalue weighted by Gasteiger charge is -2.23. The van der Waals surface area contributed by atoms with Crippen molar-refractivity contribution >= 4 is 22.8 Å². The number of rotatable bonds is 5. The van der Waals surface area contributed by atoms with Gasteiger partial charge in [0.25, 0.3) is 0 Å². The molecule has 0 radical (unpaired) electrons. The van der Waals surface area contributed by atoms with E-state index in [1.807, 2.05) is 48.5 Å². The van der Waals surface area contributed by atoms with Crippen molar-refractivity contribution in [3.05, 3.63) is 83.9 Å². The molecule has 3 N–H and O–H groups in total. The van der Waals surface area contributed by atoms with Crippen molar-refractivity contribution < 1.29 is 15.0 Å². The third-order valence-corrected chi connectivity index (χ3v) is 8.50. The summed E-state index contributed by atoms with van der Waals surface area (Å²) in [6.45, 7) is 1.49. The smallest absolute Gasteiger partial charge is 0.209 e. The Labute approximate surface area is 219 Å². The summed E-state index contributed by atoms with van der Waals surface area (Å²) in [5.74, 6) is 7.27. The predicted octanol–water partition coefficient (Wildman–Crippen LogP) is 3.07. The summed E-state index contributed by atoms with van der Waals surface area (Å²) in [6.07, 6.45) is 0.962. The number of carbonyl (C=O) groups is 1. The number of Topliss-reactive ketones (excluding diaryl/α,β-unsaturated/α-hetero) is 1. The van der Waals surface area contributed by atoms with E-state index >= 15 is 0 Å². The average Bonchev–Trinajstić information content (AvgIpc) is 3.82. The van der Waals surface area contributed by atoms with Gasteiger partial charge in [-0.15, -0.1) is 0 Å². The Morgan fingerprint density at radius 1 is 1.05 bits per heavy atom. The molecule has 3 saturated carbocycles. The van der Waals surface area contributed by atoms with Crippen LogP contribution in [0.4, 0.5) is 5.82 Å². The van der Waals surface area contributed by atoms with Gasteiger partial charge in [-0.25, -0.2) is 15.0 Å². The number of hydrogen-bond donors (Lipinski definition) is 3. The minimum Gasteiger partial charge on any atom is -0.389 e. The fraction of sp³-hybridized carbons (Fsp3) is 0.333. The summed E-state index contributed by atoms with van der Waals surface area (Å²) in [6, 6.07) is 19.7.